The summed E-state index contributed by atoms with van der Waals surface area (Å²) in [7, 11) is 1.07. The highest BCUT2D eigenvalue weighted by molar-refractivity contribution is 7.89. The minimum Gasteiger partial charge on any atom is -0.497 e. The molecule has 0 aromatic heterocycles. The number of ether oxygens (including phenoxy) is 3. The van der Waals surface area contributed by atoms with Crippen molar-refractivity contribution in [1.29, 1.82) is 0 Å². The van der Waals surface area contributed by atoms with Gasteiger partial charge >= 0.3 is 0 Å². The van der Waals surface area contributed by atoms with Crippen LogP contribution in [0.1, 0.15) is 19.3 Å². The third-order valence-electron chi connectivity index (χ3n) is 7.29. The molecule has 0 N–H and O–H groups in total. The number of piperazine rings is 1. The first-order chi connectivity index (χ1) is 17.8. The summed E-state index contributed by atoms with van der Waals surface area (Å²) in [6.07, 6.45) is 1.55. The van der Waals surface area contributed by atoms with Gasteiger partial charge < -0.3 is 24.0 Å². The number of methoxy groups -OCH3 is 2. The van der Waals surface area contributed by atoms with E-state index in [-0.39, 0.29) is 36.1 Å². The Bertz CT molecular complexity index is 1170. The molecular weight excluding hydrogens is 494 g/mol. The molecule has 0 saturated carbocycles. The van der Waals surface area contributed by atoms with Crippen molar-refractivity contribution in [2.24, 2.45) is 5.41 Å². The Hall–Kier alpha value is -2.82. The van der Waals surface area contributed by atoms with Crippen LogP contribution in [0.3, 0.4) is 0 Å². The summed E-state index contributed by atoms with van der Waals surface area (Å²) in [5.41, 5.74) is -0.659. The van der Waals surface area contributed by atoms with Gasteiger partial charge in [0.15, 0.2) is 0 Å². The van der Waals surface area contributed by atoms with Crippen molar-refractivity contribution in [1.82, 2.24) is 14.1 Å². The summed E-state index contributed by atoms with van der Waals surface area (Å²) in [6, 6.07) is 14.2. The van der Waals surface area contributed by atoms with Gasteiger partial charge in [-0.2, -0.15) is 4.31 Å². The Morgan fingerprint density at radius 1 is 0.946 bits per heavy atom. The molecule has 0 radical (unpaired) electrons. The first-order valence-electron chi connectivity index (χ1n) is 12.6. The van der Waals surface area contributed by atoms with Crippen molar-refractivity contribution in [3.05, 3.63) is 48.5 Å². The minimum absolute atomic E-state index is 0.0444. The second-order valence-electron chi connectivity index (χ2n) is 9.92. The maximum Gasteiger partial charge on any atom is 0.246 e. The smallest absolute Gasteiger partial charge is 0.246 e. The number of hydrogen-bond acceptors (Lipinski definition) is 7. The van der Waals surface area contributed by atoms with E-state index in [0.717, 1.165) is 13.1 Å². The van der Waals surface area contributed by atoms with E-state index in [9.17, 15) is 13.2 Å². The number of hydrogen-bond donors (Lipinski definition) is 0. The molecule has 0 spiro atoms. The summed E-state index contributed by atoms with van der Waals surface area (Å²) in [4.78, 5) is 17.6. The number of carbonyl (C=O) groups excluding carboxylic acids is 1. The molecular formula is C27H37N3O6S. The Labute approximate surface area is 219 Å². The molecule has 4 rings (SSSR count). The van der Waals surface area contributed by atoms with Crippen molar-refractivity contribution in [2.45, 2.75) is 24.2 Å². The molecule has 0 aliphatic carbocycles. The lowest BCUT2D eigenvalue weighted by Crippen LogP contribution is -2.53. The van der Waals surface area contributed by atoms with E-state index < -0.39 is 15.4 Å². The van der Waals surface area contributed by atoms with Crippen LogP contribution in [-0.2, 0) is 14.8 Å². The van der Waals surface area contributed by atoms with Gasteiger partial charge in [0, 0.05) is 57.2 Å². The number of likely N-dealkylation sites (N-methyl/N-ethyl adjacent to an activating group) is 1. The monoisotopic (exact) mass is 531 g/mol. The number of piperidine rings is 1. The average Bonchev–Trinajstić information content (AvgIpc) is 2.92. The van der Waals surface area contributed by atoms with Gasteiger partial charge in [0.1, 0.15) is 22.1 Å². The fourth-order valence-corrected chi connectivity index (χ4v) is 6.81. The predicted octanol–water partition coefficient (Wildman–Crippen LogP) is 2.72. The lowest BCUT2D eigenvalue weighted by atomic mass is 9.78. The summed E-state index contributed by atoms with van der Waals surface area (Å²) in [5.74, 6) is 1.43. The average molecular weight is 532 g/mol. The number of rotatable bonds is 9. The molecule has 2 aromatic rings. The molecule has 1 atom stereocenters. The molecule has 0 bridgehead atoms. The van der Waals surface area contributed by atoms with Crippen molar-refractivity contribution in [2.75, 3.05) is 67.1 Å². The van der Waals surface area contributed by atoms with Crippen molar-refractivity contribution in [3.63, 3.8) is 0 Å². The summed E-state index contributed by atoms with van der Waals surface area (Å²) < 4.78 is 46.0. The third kappa shape index (κ3) is 6.37. The second-order valence-corrected chi connectivity index (χ2v) is 11.8. The van der Waals surface area contributed by atoms with E-state index in [1.807, 2.05) is 42.3 Å². The zero-order valence-electron chi connectivity index (χ0n) is 21.9. The molecule has 1 amide bonds. The molecule has 2 aliphatic heterocycles. The number of nitrogens with zero attached hydrogens (tertiary/aromatic N) is 3. The first kappa shape index (κ1) is 27.2. The van der Waals surface area contributed by atoms with E-state index in [1.54, 1.807) is 12.1 Å². The molecule has 2 aromatic carbocycles. The van der Waals surface area contributed by atoms with Gasteiger partial charge in [0.2, 0.25) is 15.9 Å². The lowest BCUT2D eigenvalue weighted by molar-refractivity contribution is -0.136. The highest BCUT2D eigenvalue weighted by Crippen LogP contribution is 2.39. The number of para-hydroxylation sites is 1. The highest BCUT2D eigenvalue weighted by atomic mass is 32.2. The van der Waals surface area contributed by atoms with Gasteiger partial charge in [0.25, 0.3) is 0 Å². The Morgan fingerprint density at radius 3 is 2.35 bits per heavy atom. The number of amides is 1. The number of sulfonamides is 1. The molecule has 2 saturated heterocycles. The van der Waals surface area contributed by atoms with Gasteiger partial charge in [-0.3, -0.25) is 4.79 Å². The third-order valence-corrected chi connectivity index (χ3v) is 9.15. The largest absolute Gasteiger partial charge is 0.497 e. The SMILES string of the molecule is COc1ccc(OC)c(S(=O)(=O)N2CCC[C@](COc3ccccc3)(CC(=O)N3CCN(C)CC3)C2)c1. The van der Waals surface area contributed by atoms with Crippen LogP contribution in [-0.4, -0.2) is 95.6 Å². The van der Waals surface area contributed by atoms with Gasteiger partial charge in [-0.05, 0) is 44.2 Å². The molecule has 0 unspecified atom stereocenters. The fourth-order valence-electron chi connectivity index (χ4n) is 5.05. The summed E-state index contributed by atoms with van der Waals surface area (Å²) >= 11 is 0. The Balaban J connectivity index is 1.61. The van der Waals surface area contributed by atoms with E-state index in [4.69, 9.17) is 14.2 Å². The van der Waals surface area contributed by atoms with Crippen molar-refractivity contribution < 1.29 is 27.4 Å². The minimum atomic E-state index is -3.92. The predicted molar refractivity (Wildman–Crippen MR) is 141 cm³/mol. The maximum atomic E-state index is 13.9. The standard InChI is InChI=1S/C27H37N3O6S/c1-28-14-16-29(17-15-28)26(31)19-27(21-36-22-8-5-4-6-9-22)12-7-13-30(20-27)37(32,33)25-18-23(34-2)10-11-24(25)35-3/h4-6,8-11,18H,7,12-17,19-21H2,1-3H3/t27-/m0/s1. The maximum absolute atomic E-state index is 13.9. The molecule has 2 heterocycles. The van der Waals surface area contributed by atoms with Crippen LogP contribution in [0.2, 0.25) is 0 Å². The van der Waals surface area contributed by atoms with Crippen molar-refractivity contribution >= 4 is 15.9 Å². The second kappa shape index (κ2) is 11.7. The summed E-state index contributed by atoms with van der Waals surface area (Å²) in [6.45, 7) is 3.80. The Morgan fingerprint density at radius 2 is 1.68 bits per heavy atom. The highest BCUT2D eigenvalue weighted by Gasteiger charge is 2.44. The zero-order valence-corrected chi connectivity index (χ0v) is 22.7. The van der Waals surface area contributed by atoms with E-state index in [1.165, 1.54) is 24.6 Å². The zero-order chi connectivity index (χ0) is 26.5. The van der Waals surface area contributed by atoms with E-state index >= 15 is 0 Å². The topological polar surface area (TPSA) is 88.6 Å². The van der Waals surface area contributed by atoms with Gasteiger partial charge in [-0.15, -0.1) is 0 Å². The normalized spacial score (nSPS) is 21.4. The van der Waals surface area contributed by atoms with Gasteiger partial charge in [-0.1, -0.05) is 18.2 Å². The molecule has 10 heteroatoms. The molecule has 202 valence electrons. The molecule has 2 fully saturated rings. The molecule has 9 nitrogen and oxygen atoms in total. The van der Waals surface area contributed by atoms with Crippen molar-refractivity contribution in [3.8, 4) is 17.2 Å². The number of carbonyl (C=O) groups is 1. The Kier molecular flexibility index (Phi) is 8.61. The summed E-state index contributed by atoms with van der Waals surface area (Å²) in [5, 5.41) is 0. The quantitative estimate of drug-likeness (QED) is 0.492. The van der Waals surface area contributed by atoms with Crippen LogP contribution in [0, 0.1) is 5.41 Å². The van der Waals surface area contributed by atoms with Crippen LogP contribution in [0.5, 0.6) is 17.2 Å². The van der Waals surface area contributed by atoms with E-state index in [2.05, 4.69) is 4.90 Å². The molecule has 2 aliphatic rings. The van der Waals surface area contributed by atoms with Crippen LogP contribution >= 0.6 is 0 Å². The van der Waals surface area contributed by atoms with Crippen LogP contribution in [0.15, 0.2) is 53.4 Å². The van der Waals surface area contributed by atoms with Crippen LogP contribution in [0.25, 0.3) is 0 Å². The van der Waals surface area contributed by atoms with Gasteiger partial charge in [0.05, 0.1) is 20.8 Å². The van der Waals surface area contributed by atoms with Gasteiger partial charge in [-0.25, -0.2) is 8.42 Å². The number of benzene rings is 2. The van der Waals surface area contributed by atoms with E-state index in [0.29, 0.717) is 44.0 Å². The van der Waals surface area contributed by atoms with Crippen LogP contribution < -0.4 is 14.2 Å². The van der Waals surface area contributed by atoms with Crippen LogP contribution in [0.4, 0.5) is 0 Å². The fraction of sp³-hybridized carbons (Fsp3) is 0.519. The molecule has 37 heavy (non-hydrogen) atoms. The first-order valence-corrected chi connectivity index (χ1v) is 14.1. The lowest BCUT2D eigenvalue weighted by Gasteiger charge is -2.43.